The normalized spacial score (nSPS) is 15.0. The number of ether oxygens (including phenoxy) is 1. The Labute approximate surface area is 109 Å². The third-order valence-corrected chi connectivity index (χ3v) is 3.06. The van der Waals surface area contributed by atoms with Gasteiger partial charge in [-0.3, -0.25) is 0 Å². The molecule has 0 spiro atoms. The Hall–Kier alpha value is -0.940. The number of nitrogens with two attached hydrogens (primary N) is 1. The Balaban J connectivity index is 2.71. The van der Waals surface area contributed by atoms with Crippen molar-refractivity contribution >= 4 is 0 Å². The van der Waals surface area contributed by atoms with Gasteiger partial charge in [0.05, 0.1) is 0 Å². The standard InChI is InChI=1S/C13H25N3O2/c1-5-10(8-14)7-11-15-13(16-18-11)12(9(3)4)17-6-2/h9-10,12H,5-8,14H2,1-4H3. The van der Waals surface area contributed by atoms with Gasteiger partial charge in [-0.25, -0.2) is 0 Å². The minimum atomic E-state index is -0.0922. The van der Waals surface area contributed by atoms with Crippen molar-refractivity contribution in [1.82, 2.24) is 10.1 Å². The van der Waals surface area contributed by atoms with Crippen LogP contribution in [-0.4, -0.2) is 23.3 Å². The fraction of sp³-hybridized carbons (Fsp3) is 0.846. The molecule has 0 radical (unpaired) electrons. The molecular weight excluding hydrogens is 230 g/mol. The first-order valence-corrected chi connectivity index (χ1v) is 6.76. The molecular formula is C13H25N3O2. The zero-order valence-electron chi connectivity index (χ0n) is 11.8. The van der Waals surface area contributed by atoms with Crippen LogP contribution in [0.2, 0.25) is 0 Å². The Kier molecular flexibility index (Phi) is 6.29. The van der Waals surface area contributed by atoms with Crippen LogP contribution in [0.25, 0.3) is 0 Å². The first-order chi connectivity index (χ1) is 8.62. The van der Waals surface area contributed by atoms with Gasteiger partial charge in [-0.05, 0) is 25.3 Å². The second kappa shape index (κ2) is 7.48. The summed E-state index contributed by atoms with van der Waals surface area (Å²) >= 11 is 0. The van der Waals surface area contributed by atoms with Crippen molar-refractivity contribution < 1.29 is 9.26 Å². The number of nitrogens with zero attached hydrogens (tertiary/aromatic N) is 2. The summed E-state index contributed by atoms with van der Waals surface area (Å²) in [6, 6.07) is 0. The summed E-state index contributed by atoms with van der Waals surface area (Å²) in [5, 5.41) is 4.03. The van der Waals surface area contributed by atoms with Crippen LogP contribution in [0.4, 0.5) is 0 Å². The van der Waals surface area contributed by atoms with E-state index < -0.39 is 0 Å². The molecule has 104 valence electrons. The minimum Gasteiger partial charge on any atom is -0.370 e. The van der Waals surface area contributed by atoms with E-state index >= 15 is 0 Å². The highest BCUT2D eigenvalue weighted by atomic mass is 16.5. The highest BCUT2D eigenvalue weighted by Gasteiger charge is 2.22. The molecule has 5 nitrogen and oxygen atoms in total. The van der Waals surface area contributed by atoms with Crippen LogP contribution in [0, 0.1) is 11.8 Å². The maximum atomic E-state index is 5.68. The van der Waals surface area contributed by atoms with E-state index in [9.17, 15) is 0 Å². The van der Waals surface area contributed by atoms with E-state index in [1.807, 2.05) is 6.92 Å². The van der Waals surface area contributed by atoms with Crippen molar-refractivity contribution in [1.29, 1.82) is 0 Å². The average molecular weight is 255 g/mol. The van der Waals surface area contributed by atoms with Gasteiger partial charge < -0.3 is 15.0 Å². The second-order valence-corrected chi connectivity index (χ2v) is 4.88. The molecule has 0 aromatic carbocycles. The smallest absolute Gasteiger partial charge is 0.227 e. The van der Waals surface area contributed by atoms with Gasteiger partial charge in [0, 0.05) is 13.0 Å². The third-order valence-electron chi connectivity index (χ3n) is 3.06. The number of aromatic nitrogens is 2. The highest BCUT2D eigenvalue weighted by molar-refractivity contribution is 4.93. The molecule has 0 saturated carbocycles. The molecule has 1 aromatic rings. The van der Waals surface area contributed by atoms with E-state index in [2.05, 4.69) is 30.9 Å². The fourth-order valence-corrected chi connectivity index (χ4v) is 1.85. The van der Waals surface area contributed by atoms with Gasteiger partial charge in [-0.15, -0.1) is 0 Å². The SMILES string of the molecule is CCOC(c1noc(CC(CC)CN)n1)C(C)C. The molecule has 0 saturated heterocycles. The summed E-state index contributed by atoms with van der Waals surface area (Å²) in [6.07, 6.45) is 1.68. The Morgan fingerprint density at radius 1 is 1.33 bits per heavy atom. The predicted octanol–water partition coefficient (Wildman–Crippen LogP) is 2.33. The first-order valence-electron chi connectivity index (χ1n) is 6.76. The fourth-order valence-electron chi connectivity index (χ4n) is 1.85. The Bertz CT molecular complexity index is 335. The van der Waals surface area contributed by atoms with Gasteiger partial charge in [0.25, 0.3) is 0 Å². The molecule has 0 fully saturated rings. The quantitative estimate of drug-likeness (QED) is 0.771. The van der Waals surface area contributed by atoms with Gasteiger partial charge in [0.2, 0.25) is 11.7 Å². The molecule has 18 heavy (non-hydrogen) atoms. The van der Waals surface area contributed by atoms with Crippen molar-refractivity contribution in [2.24, 2.45) is 17.6 Å². The average Bonchev–Trinajstić information content (AvgIpc) is 2.80. The summed E-state index contributed by atoms with van der Waals surface area (Å²) in [7, 11) is 0. The largest absolute Gasteiger partial charge is 0.370 e. The lowest BCUT2D eigenvalue weighted by molar-refractivity contribution is 0.0217. The van der Waals surface area contributed by atoms with Gasteiger partial charge in [-0.2, -0.15) is 4.98 Å². The summed E-state index contributed by atoms with van der Waals surface area (Å²) in [4.78, 5) is 4.43. The molecule has 0 amide bonds. The van der Waals surface area contributed by atoms with Crippen LogP contribution >= 0.6 is 0 Å². The zero-order valence-corrected chi connectivity index (χ0v) is 11.8. The molecule has 0 aliphatic heterocycles. The topological polar surface area (TPSA) is 74.2 Å². The van der Waals surface area contributed by atoms with Crippen LogP contribution in [0.3, 0.4) is 0 Å². The molecule has 2 unspecified atom stereocenters. The first kappa shape index (κ1) is 15.1. The van der Waals surface area contributed by atoms with Crippen LogP contribution < -0.4 is 5.73 Å². The summed E-state index contributed by atoms with van der Waals surface area (Å²) in [5.41, 5.74) is 5.68. The van der Waals surface area contributed by atoms with Crippen LogP contribution in [0.5, 0.6) is 0 Å². The van der Waals surface area contributed by atoms with Crippen molar-refractivity contribution in [2.45, 2.75) is 46.6 Å². The summed E-state index contributed by atoms with van der Waals surface area (Å²) < 4.78 is 10.9. The lowest BCUT2D eigenvalue weighted by Gasteiger charge is -2.16. The van der Waals surface area contributed by atoms with Gasteiger partial charge >= 0.3 is 0 Å². The van der Waals surface area contributed by atoms with Gasteiger partial charge in [0.1, 0.15) is 6.10 Å². The van der Waals surface area contributed by atoms with Crippen LogP contribution in [0.1, 0.15) is 51.9 Å². The summed E-state index contributed by atoms with van der Waals surface area (Å²) in [6.45, 7) is 9.56. The molecule has 2 N–H and O–H groups in total. The zero-order chi connectivity index (χ0) is 13.5. The Morgan fingerprint density at radius 3 is 2.56 bits per heavy atom. The molecule has 0 aliphatic carbocycles. The van der Waals surface area contributed by atoms with Crippen molar-refractivity contribution in [3.05, 3.63) is 11.7 Å². The van der Waals surface area contributed by atoms with E-state index in [-0.39, 0.29) is 6.10 Å². The minimum absolute atomic E-state index is 0.0922. The van der Waals surface area contributed by atoms with Gasteiger partial charge in [0.15, 0.2) is 0 Å². The third kappa shape index (κ3) is 4.07. The van der Waals surface area contributed by atoms with Crippen molar-refractivity contribution in [3.63, 3.8) is 0 Å². The molecule has 1 heterocycles. The predicted molar refractivity (Wildman–Crippen MR) is 70.0 cm³/mol. The van der Waals surface area contributed by atoms with Crippen molar-refractivity contribution in [2.75, 3.05) is 13.2 Å². The van der Waals surface area contributed by atoms with E-state index in [0.717, 1.165) is 12.8 Å². The number of hydrogen-bond acceptors (Lipinski definition) is 5. The lowest BCUT2D eigenvalue weighted by Crippen LogP contribution is -2.16. The van der Waals surface area contributed by atoms with Crippen molar-refractivity contribution in [3.8, 4) is 0 Å². The van der Waals surface area contributed by atoms with Crippen LogP contribution in [-0.2, 0) is 11.2 Å². The maximum absolute atomic E-state index is 5.68. The van der Waals surface area contributed by atoms with E-state index in [0.29, 0.717) is 36.7 Å². The molecule has 1 aromatic heterocycles. The maximum Gasteiger partial charge on any atom is 0.227 e. The molecule has 0 bridgehead atoms. The summed E-state index contributed by atoms with van der Waals surface area (Å²) in [5.74, 6) is 2.04. The van der Waals surface area contributed by atoms with E-state index in [4.69, 9.17) is 15.0 Å². The van der Waals surface area contributed by atoms with Gasteiger partial charge in [-0.1, -0.05) is 32.3 Å². The second-order valence-electron chi connectivity index (χ2n) is 4.88. The lowest BCUT2D eigenvalue weighted by atomic mass is 10.0. The monoisotopic (exact) mass is 255 g/mol. The number of rotatable bonds is 8. The Morgan fingerprint density at radius 2 is 2.06 bits per heavy atom. The van der Waals surface area contributed by atoms with Crippen LogP contribution in [0.15, 0.2) is 4.52 Å². The number of hydrogen-bond donors (Lipinski definition) is 1. The molecule has 1 rings (SSSR count). The van der Waals surface area contributed by atoms with E-state index in [1.165, 1.54) is 0 Å². The van der Waals surface area contributed by atoms with E-state index in [1.54, 1.807) is 0 Å². The molecule has 5 heteroatoms. The molecule has 0 aliphatic rings. The highest BCUT2D eigenvalue weighted by Crippen LogP contribution is 2.23. The molecule has 2 atom stereocenters.